The number of halogens is 1. The first-order valence-electron chi connectivity index (χ1n) is 7.19. The van der Waals surface area contributed by atoms with Crippen molar-refractivity contribution in [2.75, 3.05) is 6.54 Å². The lowest BCUT2D eigenvalue weighted by Gasteiger charge is -2.25. The van der Waals surface area contributed by atoms with E-state index in [9.17, 15) is 4.79 Å². The quantitative estimate of drug-likeness (QED) is 0.778. The second kappa shape index (κ2) is 5.51. The van der Waals surface area contributed by atoms with Crippen molar-refractivity contribution >= 4 is 17.5 Å². The van der Waals surface area contributed by atoms with Gasteiger partial charge in [-0.15, -0.1) is 5.10 Å². The summed E-state index contributed by atoms with van der Waals surface area (Å²) in [4.78, 5) is 21.6. The molecule has 2 aromatic heterocycles. The maximum atomic E-state index is 12.6. The van der Waals surface area contributed by atoms with Crippen molar-refractivity contribution in [3.8, 4) is 5.69 Å². The van der Waals surface area contributed by atoms with Crippen molar-refractivity contribution in [3.05, 3.63) is 58.9 Å². The Morgan fingerprint density at radius 1 is 1.26 bits per heavy atom. The highest BCUT2D eigenvalue weighted by atomic mass is 35.5. The van der Waals surface area contributed by atoms with Gasteiger partial charge in [-0.3, -0.25) is 4.79 Å². The molecular weight excluding hydrogens is 316 g/mol. The predicted molar refractivity (Wildman–Crippen MR) is 83.4 cm³/mol. The van der Waals surface area contributed by atoms with Crippen molar-refractivity contribution < 1.29 is 4.79 Å². The highest BCUT2D eigenvalue weighted by Crippen LogP contribution is 2.17. The Labute approximate surface area is 136 Å². The van der Waals surface area contributed by atoms with Crippen molar-refractivity contribution in [2.24, 2.45) is 0 Å². The van der Waals surface area contributed by atoms with Gasteiger partial charge in [-0.25, -0.2) is 9.67 Å². The fourth-order valence-electron chi connectivity index (χ4n) is 2.63. The van der Waals surface area contributed by atoms with Gasteiger partial charge in [0, 0.05) is 18.0 Å². The van der Waals surface area contributed by atoms with Crippen LogP contribution in [0.2, 0.25) is 5.02 Å². The minimum absolute atomic E-state index is 0.134. The van der Waals surface area contributed by atoms with Crippen LogP contribution < -0.4 is 0 Å². The number of aromatic amines is 1. The average molecular weight is 329 g/mol. The SMILES string of the molecule is O=C(c1cn(-c2ccc(Cl)cc2)nn1)N1CCc2nc[nH]c2C1. The van der Waals surface area contributed by atoms with Crippen LogP contribution in [0, 0.1) is 0 Å². The first-order chi connectivity index (χ1) is 11.2. The van der Waals surface area contributed by atoms with Gasteiger partial charge in [0.25, 0.3) is 5.91 Å². The normalized spacial score (nSPS) is 13.9. The second-order valence-corrected chi connectivity index (χ2v) is 5.77. The van der Waals surface area contributed by atoms with Gasteiger partial charge in [-0.1, -0.05) is 16.8 Å². The fraction of sp³-hybridized carbons (Fsp3) is 0.200. The van der Waals surface area contributed by atoms with Crippen LogP contribution in [0.1, 0.15) is 21.9 Å². The monoisotopic (exact) mass is 328 g/mol. The van der Waals surface area contributed by atoms with Gasteiger partial charge < -0.3 is 9.88 Å². The molecule has 0 bridgehead atoms. The molecule has 116 valence electrons. The van der Waals surface area contributed by atoms with Crippen molar-refractivity contribution in [1.29, 1.82) is 0 Å². The van der Waals surface area contributed by atoms with Crippen LogP contribution in [0.25, 0.3) is 5.69 Å². The molecule has 1 aliphatic rings. The Morgan fingerprint density at radius 2 is 2.09 bits per heavy atom. The molecule has 0 aliphatic carbocycles. The molecule has 0 atom stereocenters. The molecular formula is C15H13ClN6O. The lowest BCUT2D eigenvalue weighted by atomic mass is 10.1. The van der Waals surface area contributed by atoms with E-state index < -0.39 is 0 Å². The molecule has 23 heavy (non-hydrogen) atoms. The maximum absolute atomic E-state index is 12.6. The molecule has 1 aromatic carbocycles. The molecule has 1 amide bonds. The van der Waals surface area contributed by atoms with Crippen molar-refractivity contribution in [1.82, 2.24) is 29.9 Å². The number of fused-ring (bicyclic) bond motifs is 1. The summed E-state index contributed by atoms with van der Waals surface area (Å²) >= 11 is 5.87. The summed E-state index contributed by atoms with van der Waals surface area (Å²) in [5.41, 5.74) is 3.13. The van der Waals surface area contributed by atoms with E-state index in [1.807, 2.05) is 12.1 Å². The number of hydrogen-bond acceptors (Lipinski definition) is 4. The van der Waals surface area contributed by atoms with Crippen LogP contribution in [-0.2, 0) is 13.0 Å². The zero-order valence-electron chi connectivity index (χ0n) is 12.1. The molecule has 1 aliphatic heterocycles. The third-order valence-corrected chi connectivity index (χ3v) is 4.12. The van der Waals surface area contributed by atoms with Gasteiger partial charge in [0.2, 0.25) is 0 Å². The van der Waals surface area contributed by atoms with E-state index in [2.05, 4.69) is 20.3 Å². The number of hydrogen-bond donors (Lipinski definition) is 1. The average Bonchev–Trinajstić information content (AvgIpc) is 3.23. The number of nitrogens with one attached hydrogen (secondary N) is 1. The Bertz CT molecular complexity index is 853. The van der Waals surface area contributed by atoms with Crippen LogP contribution in [0.3, 0.4) is 0 Å². The molecule has 8 heteroatoms. The van der Waals surface area contributed by atoms with E-state index in [-0.39, 0.29) is 5.91 Å². The summed E-state index contributed by atoms with van der Waals surface area (Å²) < 4.78 is 1.56. The largest absolute Gasteiger partial charge is 0.347 e. The summed E-state index contributed by atoms with van der Waals surface area (Å²) in [6.07, 6.45) is 4.04. The standard InChI is InChI=1S/C15H13ClN6O/c16-10-1-3-11(4-2-10)22-8-14(19-20-22)15(23)21-6-5-12-13(7-21)18-9-17-12/h1-4,8-9H,5-7H2,(H,17,18). The van der Waals surface area contributed by atoms with Crippen LogP contribution in [0.15, 0.2) is 36.8 Å². The lowest BCUT2D eigenvalue weighted by Crippen LogP contribution is -2.36. The third kappa shape index (κ3) is 2.59. The first-order valence-corrected chi connectivity index (χ1v) is 7.57. The zero-order chi connectivity index (χ0) is 15.8. The van der Waals surface area contributed by atoms with Gasteiger partial charge in [0.15, 0.2) is 5.69 Å². The van der Waals surface area contributed by atoms with E-state index in [1.165, 1.54) is 0 Å². The molecule has 3 heterocycles. The molecule has 4 rings (SSSR count). The zero-order valence-corrected chi connectivity index (χ0v) is 12.9. The topological polar surface area (TPSA) is 79.7 Å². The Balaban J connectivity index is 1.55. The lowest BCUT2D eigenvalue weighted by molar-refractivity contribution is 0.0726. The van der Waals surface area contributed by atoms with Crippen LogP contribution >= 0.6 is 11.6 Å². The van der Waals surface area contributed by atoms with E-state index in [4.69, 9.17) is 11.6 Å². The van der Waals surface area contributed by atoms with Gasteiger partial charge in [-0.2, -0.15) is 0 Å². The van der Waals surface area contributed by atoms with Gasteiger partial charge in [0.05, 0.1) is 36.1 Å². The molecule has 0 radical (unpaired) electrons. The Morgan fingerprint density at radius 3 is 2.91 bits per heavy atom. The number of aromatic nitrogens is 5. The molecule has 3 aromatic rings. The smallest absolute Gasteiger partial charge is 0.276 e. The van der Waals surface area contributed by atoms with Crippen LogP contribution in [-0.4, -0.2) is 42.3 Å². The first kappa shape index (κ1) is 14.0. The maximum Gasteiger partial charge on any atom is 0.276 e. The number of amides is 1. The summed E-state index contributed by atoms with van der Waals surface area (Å²) in [5.74, 6) is -0.134. The predicted octanol–water partition coefficient (Wildman–Crippen LogP) is 1.84. The van der Waals surface area contributed by atoms with E-state index in [0.29, 0.717) is 23.8 Å². The van der Waals surface area contributed by atoms with E-state index in [1.54, 1.807) is 34.2 Å². The highest BCUT2D eigenvalue weighted by Gasteiger charge is 2.25. The summed E-state index contributed by atoms with van der Waals surface area (Å²) in [6.45, 7) is 1.15. The molecule has 7 nitrogen and oxygen atoms in total. The number of rotatable bonds is 2. The Hall–Kier alpha value is -2.67. The number of imidazole rings is 1. The number of carbonyl (C=O) groups is 1. The van der Waals surface area contributed by atoms with Crippen LogP contribution in [0.4, 0.5) is 0 Å². The molecule has 0 saturated carbocycles. The number of nitrogens with zero attached hydrogens (tertiary/aromatic N) is 5. The molecule has 0 unspecified atom stereocenters. The van der Waals surface area contributed by atoms with Crippen molar-refractivity contribution in [3.63, 3.8) is 0 Å². The number of carbonyl (C=O) groups excluding carboxylic acids is 1. The summed E-state index contributed by atoms with van der Waals surface area (Å²) in [5, 5.41) is 8.67. The molecule has 0 fully saturated rings. The minimum atomic E-state index is -0.134. The Kier molecular flexibility index (Phi) is 3.34. The number of H-pyrrole nitrogens is 1. The molecule has 0 spiro atoms. The molecule has 0 saturated heterocycles. The highest BCUT2D eigenvalue weighted by molar-refractivity contribution is 6.30. The fourth-order valence-corrected chi connectivity index (χ4v) is 2.76. The minimum Gasteiger partial charge on any atom is -0.347 e. The van der Waals surface area contributed by atoms with Gasteiger partial charge >= 0.3 is 0 Å². The van der Waals surface area contributed by atoms with Gasteiger partial charge in [0.1, 0.15) is 0 Å². The molecule has 1 N–H and O–H groups in total. The summed E-state index contributed by atoms with van der Waals surface area (Å²) in [7, 11) is 0. The second-order valence-electron chi connectivity index (χ2n) is 5.33. The van der Waals surface area contributed by atoms with Gasteiger partial charge in [-0.05, 0) is 24.3 Å². The van der Waals surface area contributed by atoms with E-state index in [0.717, 1.165) is 23.5 Å². The van der Waals surface area contributed by atoms with Crippen molar-refractivity contribution in [2.45, 2.75) is 13.0 Å². The number of benzene rings is 1. The van der Waals surface area contributed by atoms with Crippen LogP contribution in [0.5, 0.6) is 0 Å². The summed E-state index contributed by atoms with van der Waals surface area (Å²) in [6, 6.07) is 7.18. The third-order valence-electron chi connectivity index (χ3n) is 3.87. The van der Waals surface area contributed by atoms with E-state index >= 15 is 0 Å².